The fourth-order valence-electron chi connectivity index (χ4n) is 2.35. The Morgan fingerprint density at radius 2 is 2.30 bits per heavy atom. The highest BCUT2D eigenvalue weighted by Gasteiger charge is 2.34. The third-order valence-corrected chi connectivity index (χ3v) is 5.27. The van der Waals surface area contributed by atoms with Crippen molar-refractivity contribution in [2.75, 3.05) is 13.1 Å². The molecule has 2 aromatic rings. The fourth-order valence-corrected chi connectivity index (χ4v) is 3.76. The molecule has 1 aliphatic heterocycles. The number of nitrogens with zero attached hydrogens (tertiary/aromatic N) is 4. The average molecular weight is 293 g/mol. The van der Waals surface area contributed by atoms with Crippen molar-refractivity contribution in [2.24, 2.45) is 0 Å². The number of aromatic nitrogens is 4. The van der Waals surface area contributed by atoms with Crippen LogP contribution in [0.25, 0.3) is 0 Å². The zero-order valence-electron chi connectivity index (χ0n) is 11.0. The number of aryl methyl sites for hydroxylation is 1. The molecular formula is C12H15N5O2S. The molecule has 1 atom stereocenters. The van der Waals surface area contributed by atoms with Gasteiger partial charge in [-0.05, 0) is 19.4 Å². The van der Waals surface area contributed by atoms with E-state index in [1.807, 2.05) is 13.0 Å². The SMILES string of the molecule is Cc1ccnc(C2CCN(S(=O)(=O)c3cn[nH]c3)C2)n1. The van der Waals surface area contributed by atoms with Crippen LogP contribution >= 0.6 is 0 Å². The van der Waals surface area contributed by atoms with E-state index in [0.717, 1.165) is 17.9 Å². The first-order valence-electron chi connectivity index (χ1n) is 6.36. The van der Waals surface area contributed by atoms with Crippen molar-refractivity contribution in [1.29, 1.82) is 0 Å². The second kappa shape index (κ2) is 4.95. The summed E-state index contributed by atoms with van der Waals surface area (Å²) in [7, 11) is -3.46. The molecule has 8 heteroatoms. The lowest BCUT2D eigenvalue weighted by atomic mass is 10.1. The van der Waals surface area contributed by atoms with Gasteiger partial charge < -0.3 is 0 Å². The number of H-pyrrole nitrogens is 1. The second-order valence-electron chi connectivity index (χ2n) is 4.84. The largest absolute Gasteiger partial charge is 0.284 e. The first kappa shape index (κ1) is 13.2. The number of sulfonamides is 1. The molecule has 0 spiro atoms. The van der Waals surface area contributed by atoms with Crippen molar-refractivity contribution in [3.63, 3.8) is 0 Å². The zero-order chi connectivity index (χ0) is 14.2. The van der Waals surface area contributed by atoms with Crippen LogP contribution in [0.2, 0.25) is 0 Å². The van der Waals surface area contributed by atoms with E-state index in [2.05, 4.69) is 20.2 Å². The van der Waals surface area contributed by atoms with Gasteiger partial charge in [-0.15, -0.1) is 0 Å². The molecule has 106 valence electrons. The Kier molecular flexibility index (Phi) is 3.27. The molecule has 0 aromatic carbocycles. The minimum absolute atomic E-state index is 0.0524. The van der Waals surface area contributed by atoms with Crippen molar-refractivity contribution < 1.29 is 8.42 Å². The molecule has 1 fully saturated rings. The Bertz CT molecular complexity index is 698. The summed E-state index contributed by atoms with van der Waals surface area (Å²) in [5.74, 6) is 0.770. The van der Waals surface area contributed by atoms with Gasteiger partial charge in [-0.2, -0.15) is 9.40 Å². The summed E-state index contributed by atoms with van der Waals surface area (Å²) in [5.41, 5.74) is 0.895. The number of hydrogen-bond acceptors (Lipinski definition) is 5. The van der Waals surface area contributed by atoms with E-state index in [9.17, 15) is 8.42 Å². The molecule has 0 saturated carbocycles. The molecule has 1 aliphatic rings. The highest BCUT2D eigenvalue weighted by atomic mass is 32.2. The molecule has 1 N–H and O–H groups in total. The molecule has 0 bridgehead atoms. The summed E-state index contributed by atoms with van der Waals surface area (Å²) >= 11 is 0. The van der Waals surface area contributed by atoms with Crippen LogP contribution in [0.1, 0.15) is 23.9 Å². The number of hydrogen-bond donors (Lipinski definition) is 1. The van der Waals surface area contributed by atoms with Crippen LogP contribution in [-0.4, -0.2) is 46.0 Å². The lowest BCUT2D eigenvalue weighted by Gasteiger charge is -2.14. The minimum Gasteiger partial charge on any atom is -0.284 e. The van der Waals surface area contributed by atoms with Gasteiger partial charge in [-0.1, -0.05) is 0 Å². The second-order valence-corrected chi connectivity index (χ2v) is 6.78. The van der Waals surface area contributed by atoms with E-state index < -0.39 is 10.0 Å². The molecule has 3 heterocycles. The lowest BCUT2D eigenvalue weighted by molar-refractivity contribution is 0.471. The van der Waals surface area contributed by atoms with Crippen molar-refractivity contribution in [2.45, 2.75) is 24.2 Å². The van der Waals surface area contributed by atoms with Gasteiger partial charge in [0.15, 0.2) is 0 Å². The number of rotatable bonds is 3. The quantitative estimate of drug-likeness (QED) is 0.898. The van der Waals surface area contributed by atoms with E-state index >= 15 is 0 Å². The summed E-state index contributed by atoms with van der Waals surface area (Å²) in [6, 6.07) is 1.83. The minimum atomic E-state index is -3.46. The maximum Gasteiger partial charge on any atom is 0.246 e. The van der Waals surface area contributed by atoms with Crippen molar-refractivity contribution in [3.05, 3.63) is 36.2 Å². The van der Waals surface area contributed by atoms with Gasteiger partial charge in [0, 0.05) is 37.1 Å². The van der Waals surface area contributed by atoms with E-state index in [4.69, 9.17) is 0 Å². The molecule has 1 saturated heterocycles. The smallest absolute Gasteiger partial charge is 0.246 e. The Morgan fingerprint density at radius 1 is 1.45 bits per heavy atom. The van der Waals surface area contributed by atoms with Crippen LogP contribution < -0.4 is 0 Å². The van der Waals surface area contributed by atoms with Crippen LogP contribution in [0.15, 0.2) is 29.6 Å². The molecule has 2 aromatic heterocycles. The monoisotopic (exact) mass is 293 g/mol. The summed E-state index contributed by atoms with van der Waals surface area (Å²) < 4.78 is 26.2. The summed E-state index contributed by atoms with van der Waals surface area (Å²) in [5, 5.41) is 6.22. The van der Waals surface area contributed by atoms with E-state index in [1.54, 1.807) is 6.20 Å². The molecule has 20 heavy (non-hydrogen) atoms. The summed E-state index contributed by atoms with van der Waals surface area (Å²) in [4.78, 5) is 8.83. The Morgan fingerprint density at radius 3 is 3.00 bits per heavy atom. The Balaban J connectivity index is 1.81. The molecule has 0 amide bonds. The van der Waals surface area contributed by atoms with Gasteiger partial charge in [-0.25, -0.2) is 18.4 Å². The van der Waals surface area contributed by atoms with E-state index in [1.165, 1.54) is 16.7 Å². The predicted molar refractivity (Wildman–Crippen MR) is 71.5 cm³/mol. The van der Waals surface area contributed by atoms with Crippen molar-refractivity contribution >= 4 is 10.0 Å². The summed E-state index contributed by atoms with van der Waals surface area (Å²) in [6.45, 7) is 2.80. The van der Waals surface area contributed by atoms with Gasteiger partial charge in [0.05, 0.1) is 6.20 Å². The molecule has 7 nitrogen and oxygen atoms in total. The average Bonchev–Trinajstić information content (AvgIpc) is 3.11. The fraction of sp³-hybridized carbons (Fsp3) is 0.417. The number of nitrogens with one attached hydrogen (secondary N) is 1. The van der Waals surface area contributed by atoms with Gasteiger partial charge in [0.2, 0.25) is 10.0 Å². The first-order chi connectivity index (χ1) is 9.57. The lowest BCUT2D eigenvalue weighted by Crippen LogP contribution is -2.28. The van der Waals surface area contributed by atoms with Crippen LogP contribution in [0.5, 0.6) is 0 Å². The predicted octanol–water partition coefficient (Wildman–Crippen LogP) is 0.686. The van der Waals surface area contributed by atoms with E-state index in [-0.39, 0.29) is 10.8 Å². The Hall–Kier alpha value is -1.80. The highest BCUT2D eigenvalue weighted by Crippen LogP contribution is 2.28. The van der Waals surface area contributed by atoms with Crippen LogP contribution in [-0.2, 0) is 10.0 Å². The van der Waals surface area contributed by atoms with Crippen molar-refractivity contribution in [1.82, 2.24) is 24.5 Å². The first-order valence-corrected chi connectivity index (χ1v) is 7.80. The van der Waals surface area contributed by atoms with Crippen molar-refractivity contribution in [3.8, 4) is 0 Å². The number of aromatic amines is 1. The highest BCUT2D eigenvalue weighted by molar-refractivity contribution is 7.89. The normalized spacial score (nSPS) is 20.4. The van der Waals surface area contributed by atoms with Crippen LogP contribution in [0.3, 0.4) is 0 Å². The standard InChI is InChI=1S/C12H15N5O2S/c1-9-2-4-13-12(16-9)10-3-5-17(8-10)20(18,19)11-6-14-15-7-11/h2,4,6-7,10H,3,5,8H2,1H3,(H,14,15). The topological polar surface area (TPSA) is 91.8 Å². The third kappa shape index (κ3) is 2.32. The van der Waals surface area contributed by atoms with Crippen LogP contribution in [0, 0.1) is 6.92 Å². The molecule has 3 rings (SSSR count). The maximum atomic E-state index is 12.4. The van der Waals surface area contributed by atoms with Gasteiger partial charge in [0.1, 0.15) is 10.7 Å². The van der Waals surface area contributed by atoms with Gasteiger partial charge in [-0.3, -0.25) is 5.10 Å². The third-order valence-electron chi connectivity index (χ3n) is 3.44. The molecule has 1 unspecified atom stereocenters. The Labute approximate surface area is 117 Å². The summed E-state index contributed by atoms with van der Waals surface area (Å²) in [6.07, 6.45) is 5.17. The maximum absolute atomic E-state index is 12.4. The molecule has 0 radical (unpaired) electrons. The van der Waals surface area contributed by atoms with Crippen LogP contribution in [0.4, 0.5) is 0 Å². The zero-order valence-corrected chi connectivity index (χ0v) is 11.8. The van der Waals surface area contributed by atoms with E-state index in [0.29, 0.717) is 13.1 Å². The molecular weight excluding hydrogens is 278 g/mol. The van der Waals surface area contributed by atoms with Gasteiger partial charge >= 0.3 is 0 Å². The molecule has 0 aliphatic carbocycles. The van der Waals surface area contributed by atoms with Gasteiger partial charge in [0.25, 0.3) is 0 Å².